The minimum atomic E-state index is -0.351. The maximum absolute atomic E-state index is 13.9. The Hall–Kier alpha value is -3.24. The minimum absolute atomic E-state index is 0.0469. The van der Waals surface area contributed by atoms with Gasteiger partial charge in [0.05, 0.1) is 43.9 Å². The van der Waals surface area contributed by atoms with Gasteiger partial charge in [-0.25, -0.2) is 0 Å². The second-order valence-corrected chi connectivity index (χ2v) is 12.5. The summed E-state index contributed by atoms with van der Waals surface area (Å²) in [5.74, 6) is 1.20. The predicted molar refractivity (Wildman–Crippen MR) is 144 cm³/mol. The normalized spacial score (nSPS) is 30.7. The Balaban J connectivity index is 1.31. The van der Waals surface area contributed by atoms with Crippen LogP contribution in [0.4, 0.5) is 5.69 Å². The SMILES string of the molecule is COc1ccc(N2C(=O)[C@@H]3[C@@H]4C[C@H]([C@H]5Sc6[nH]c(=O)sc6[C@@H](c6ccc(OC)c(OC)c6)[C@H]45)[C@@H]3C2=O)cc1. The summed E-state index contributed by atoms with van der Waals surface area (Å²) in [6.07, 6.45) is 0.842. The number of amides is 2. The molecule has 2 aliphatic heterocycles. The number of ether oxygens (including phenoxy) is 3. The van der Waals surface area contributed by atoms with Gasteiger partial charge in [0.15, 0.2) is 11.5 Å². The van der Waals surface area contributed by atoms with Gasteiger partial charge in [0, 0.05) is 16.0 Å². The van der Waals surface area contributed by atoms with Crippen molar-refractivity contribution in [3.63, 3.8) is 0 Å². The Bertz CT molecular complexity index is 1510. The molecule has 4 aliphatic rings. The molecule has 3 aromatic rings. The number of nitrogens with zero attached hydrogens (tertiary/aromatic N) is 1. The highest BCUT2D eigenvalue weighted by atomic mass is 32.2. The number of thiazole rings is 1. The first-order valence-electron chi connectivity index (χ1n) is 12.6. The van der Waals surface area contributed by atoms with Crippen molar-refractivity contribution in [1.29, 1.82) is 0 Å². The molecule has 1 aromatic heterocycles. The lowest BCUT2D eigenvalue weighted by Gasteiger charge is -2.43. The Labute approximate surface area is 227 Å². The number of H-pyrrole nitrogens is 1. The second kappa shape index (κ2) is 8.64. The summed E-state index contributed by atoms with van der Waals surface area (Å²) < 4.78 is 16.3. The number of anilines is 1. The number of hydrogen-bond donors (Lipinski definition) is 1. The van der Waals surface area contributed by atoms with Gasteiger partial charge in [-0.05, 0) is 66.1 Å². The van der Waals surface area contributed by atoms with E-state index >= 15 is 0 Å². The fourth-order valence-corrected chi connectivity index (χ4v) is 10.3. The Kier molecular flexibility index (Phi) is 5.42. The fourth-order valence-electron chi connectivity index (χ4n) is 7.42. The highest BCUT2D eigenvalue weighted by molar-refractivity contribution is 8.00. The van der Waals surface area contributed by atoms with Crippen LogP contribution < -0.4 is 24.0 Å². The molecule has 3 fully saturated rings. The summed E-state index contributed by atoms with van der Waals surface area (Å²) >= 11 is 2.92. The third-order valence-electron chi connectivity index (χ3n) is 8.82. The highest BCUT2D eigenvalue weighted by Gasteiger charge is 2.69. The van der Waals surface area contributed by atoms with E-state index in [1.807, 2.05) is 18.2 Å². The van der Waals surface area contributed by atoms with Crippen molar-refractivity contribution in [2.45, 2.75) is 22.6 Å². The van der Waals surface area contributed by atoms with Crippen molar-refractivity contribution in [3.8, 4) is 17.2 Å². The first-order valence-corrected chi connectivity index (χ1v) is 14.3. The van der Waals surface area contributed by atoms with Crippen LogP contribution in [-0.2, 0) is 9.59 Å². The molecule has 38 heavy (non-hydrogen) atoms. The maximum atomic E-state index is 13.9. The van der Waals surface area contributed by atoms with Crippen molar-refractivity contribution in [2.24, 2.45) is 29.6 Å². The largest absolute Gasteiger partial charge is 0.497 e. The third kappa shape index (κ3) is 3.19. The predicted octanol–water partition coefficient (Wildman–Crippen LogP) is 4.14. The Morgan fingerprint density at radius 3 is 2.26 bits per heavy atom. The van der Waals surface area contributed by atoms with E-state index in [-0.39, 0.29) is 57.4 Å². The zero-order valence-electron chi connectivity index (χ0n) is 21.0. The van der Waals surface area contributed by atoms with Gasteiger partial charge in [-0.1, -0.05) is 17.4 Å². The van der Waals surface area contributed by atoms with E-state index in [1.165, 1.54) is 16.2 Å². The van der Waals surface area contributed by atoms with Crippen LogP contribution in [0.1, 0.15) is 22.8 Å². The van der Waals surface area contributed by atoms with Crippen LogP contribution in [0.5, 0.6) is 17.2 Å². The van der Waals surface area contributed by atoms with Gasteiger partial charge in [-0.2, -0.15) is 0 Å². The number of methoxy groups -OCH3 is 3. The number of nitrogens with one attached hydrogen (secondary N) is 1. The van der Waals surface area contributed by atoms with Gasteiger partial charge in [-0.3, -0.25) is 19.3 Å². The number of benzene rings is 2. The van der Waals surface area contributed by atoms with Crippen molar-refractivity contribution in [1.82, 2.24) is 4.98 Å². The van der Waals surface area contributed by atoms with Crippen LogP contribution in [0.3, 0.4) is 0 Å². The smallest absolute Gasteiger partial charge is 0.305 e. The summed E-state index contributed by atoms with van der Waals surface area (Å²) in [6.45, 7) is 0. The lowest BCUT2D eigenvalue weighted by Crippen LogP contribution is -2.42. The average molecular weight is 551 g/mol. The van der Waals surface area contributed by atoms with E-state index in [0.717, 1.165) is 21.9 Å². The number of aromatic amines is 1. The molecule has 1 N–H and O–H groups in total. The molecule has 2 aromatic carbocycles. The van der Waals surface area contributed by atoms with Gasteiger partial charge in [0.1, 0.15) is 5.75 Å². The fraction of sp³-hybridized carbons (Fsp3) is 0.393. The number of aromatic nitrogens is 1. The standard InChI is InChI=1S/C28H26N2O6S2/c1-34-14-7-5-13(6-8-14)30-26(31)21-15-11-16(22(21)27(30)32)23-20(15)19(24-25(37-23)29-28(33)38-24)12-4-9-17(35-2)18(10-12)36-3/h4-10,15-16,19-23H,11H2,1-3H3,(H,29,33)/t15-,16+,19+,20+,21-,22+,23-/m1/s1. The van der Waals surface area contributed by atoms with Crippen LogP contribution in [-0.4, -0.2) is 43.4 Å². The summed E-state index contributed by atoms with van der Waals surface area (Å²) in [6, 6.07) is 13.0. The summed E-state index contributed by atoms with van der Waals surface area (Å²) in [4.78, 5) is 45.4. The van der Waals surface area contributed by atoms with Crippen LogP contribution in [0, 0.1) is 29.6 Å². The molecule has 0 radical (unpaired) electrons. The Morgan fingerprint density at radius 2 is 1.58 bits per heavy atom. The molecule has 3 heterocycles. The molecular formula is C28H26N2O6S2. The van der Waals surface area contributed by atoms with E-state index in [4.69, 9.17) is 14.2 Å². The lowest BCUT2D eigenvalue weighted by molar-refractivity contribution is -0.123. The van der Waals surface area contributed by atoms with Crippen LogP contribution >= 0.6 is 23.1 Å². The molecule has 1 saturated heterocycles. The van der Waals surface area contributed by atoms with E-state index in [0.29, 0.717) is 22.9 Å². The summed E-state index contributed by atoms with van der Waals surface area (Å²) in [5.41, 5.74) is 1.62. The zero-order chi connectivity index (χ0) is 26.3. The van der Waals surface area contributed by atoms with Crippen LogP contribution in [0.25, 0.3) is 0 Å². The van der Waals surface area contributed by atoms with E-state index < -0.39 is 0 Å². The summed E-state index contributed by atoms with van der Waals surface area (Å²) in [7, 11) is 4.80. The topological polar surface area (TPSA) is 97.9 Å². The molecule has 10 heteroatoms. The first kappa shape index (κ1) is 23.8. The molecule has 0 spiro atoms. The number of imide groups is 1. The molecular weight excluding hydrogens is 524 g/mol. The van der Waals surface area contributed by atoms with Gasteiger partial charge >= 0.3 is 4.87 Å². The second-order valence-electron chi connectivity index (χ2n) is 10.3. The van der Waals surface area contributed by atoms with E-state index in [2.05, 4.69) is 4.98 Å². The number of carbonyl (C=O) groups excluding carboxylic acids is 2. The monoisotopic (exact) mass is 550 g/mol. The molecule has 2 saturated carbocycles. The average Bonchev–Trinajstić information content (AvgIpc) is 3.67. The van der Waals surface area contributed by atoms with Gasteiger partial charge in [0.2, 0.25) is 11.8 Å². The molecule has 196 valence electrons. The number of fused-ring (bicyclic) bond motifs is 9. The van der Waals surface area contributed by atoms with Crippen molar-refractivity contribution in [2.75, 3.05) is 26.2 Å². The van der Waals surface area contributed by atoms with Gasteiger partial charge in [-0.15, -0.1) is 11.8 Å². The van der Waals surface area contributed by atoms with Crippen molar-refractivity contribution in [3.05, 3.63) is 62.6 Å². The third-order valence-corrected chi connectivity index (χ3v) is 11.4. The minimum Gasteiger partial charge on any atom is -0.497 e. The molecule has 2 bridgehead atoms. The number of thioether (sulfide) groups is 1. The molecule has 7 rings (SSSR count). The molecule has 8 nitrogen and oxygen atoms in total. The molecule has 7 atom stereocenters. The Morgan fingerprint density at radius 1 is 0.868 bits per heavy atom. The number of hydrogen-bond acceptors (Lipinski definition) is 8. The van der Waals surface area contributed by atoms with E-state index in [9.17, 15) is 14.4 Å². The maximum Gasteiger partial charge on any atom is 0.305 e. The van der Waals surface area contributed by atoms with Gasteiger partial charge < -0.3 is 19.2 Å². The zero-order valence-corrected chi connectivity index (χ0v) is 22.6. The molecule has 2 amide bonds. The van der Waals surface area contributed by atoms with Crippen molar-refractivity contribution < 1.29 is 23.8 Å². The molecule has 2 aliphatic carbocycles. The van der Waals surface area contributed by atoms with Crippen LogP contribution in [0.2, 0.25) is 0 Å². The highest BCUT2D eigenvalue weighted by Crippen LogP contribution is 2.68. The van der Waals surface area contributed by atoms with Crippen molar-refractivity contribution >= 4 is 40.6 Å². The quantitative estimate of drug-likeness (QED) is 0.477. The van der Waals surface area contributed by atoms with E-state index in [1.54, 1.807) is 57.4 Å². The summed E-state index contributed by atoms with van der Waals surface area (Å²) in [5, 5.41) is 1.01. The van der Waals surface area contributed by atoms with Crippen LogP contribution in [0.15, 0.2) is 52.3 Å². The van der Waals surface area contributed by atoms with Gasteiger partial charge in [0.25, 0.3) is 0 Å². The first-order chi connectivity index (χ1) is 18.4. The number of rotatable bonds is 5. The number of carbonyl (C=O) groups is 2. The lowest BCUT2D eigenvalue weighted by atomic mass is 9.68. The molecule has 0 unspecified atom stereocenters.